The molecule has 0 fully saturated rings. The molecular weight excluding hydrogens is 180 g/mol. The molecule has 0 heteroatoms. The highest BCUT2D eigenvalue weighted by molar-refractivity contribution is 5.15. The molecule has 0 nitrogen and oxygen atoms in total. The Morgan fingerprint density at radius 2 is 1.60 bits per heavy atom. The van der Waals surface area contributed by atoms with Crippen LogP contribution in [0.1, 0.15) is 31.7 Å². The van der Waals surface area contributed by atoms with Gasteiger partial charge in [0.25, 0.3) is 0 Å². The average molecular weight is 200 g/mol. The molecule has 0 aliphatic carbocycles. The maximum Gasteiger partial charge on any atom is -0.0244 e. The normalized spacial score (nSPS) is 11.5. The third-order valence-electron chi connectivity index (χ3n) is 2.28. The molecule has 0 heterocycles. The van der Waals surface area contributed by atoms with Crippen LogP contribution >= 0.6 is 0 Å². The van der Waals surface area contributed by atoms with Crippen LogP contribution in [0.15, 0.2) is 54.6 Å². The van der Waals surface area contributed by atoms with Crippen molar-refractivity contribution in [1.29, 1.82) is 0 Å². The molecule has 0 amide bonds. The van der Waals surface area contributed by atoms with E-state index in [4.69, 9.17) is 0 Å². The Hall–Kier alpha value is -1.30. The molecule has 0 bridgehead atoms. The van der Waals surface area contributed by atoms with E-state index < -0.39 is 0 Å². The summed E-state index contributed by atoms with van der Waals surface area (Å²) < 4.78 is 0. The first-order chi connectivity index (χ1) is 7.43. The summed E-state index contributed by atoms with van der Waals surface area (Å²) in [7, 11) is 0. The first kappa shape index (κ1) is 11.8. The Labute approximate surface area is 93.3 Å². The Morgan fingerprint density at radius 1 is 0.933 bits per heavy atom. The molecule has 0 spiro atoms. The van der Waals surface area contributed by atoms with Gasteiger partial charge in [0.2, 0.25) is 0 Å². The highest BCUT2D eigenvalue weighted by Crippen LogP contribution is 2.02. The van der Waals surface area contributed by atoms with Crippen molar-refractivity contribution in [2.24, 2.45) is 0 Å². The minimum atomic E-state index is 1.13. The van der Waals surface area contributed by atoms with Gasteiger partial charge in [0, 0.05) is 0 Å². The van der Waals surface area contributed by atoms with Crippen LogP contribution in [0.5, 0.6) is 0 Å². The molecule has 0 saturated heterocycles. The molecule has 0 N–H and O–H groups in total. The van der Waals surface area contributed by atoms with Crippen molar-refractivity contribution in [3.05, 3.63) is 60.2 Å². The summed E-state index contributed by atoms with van der Waals surface area (Å²) in [6.07, 6.45) is 13.4. The van der Waals surface area contributed by atoms with E-state index in [2.05, 4.69) is 61.6 Å². The van der Waals surface area contributed by atoms with Crippen molar-refractivity contribution in [2.75, 3.05) is 0 Å². The average Bonchev–Trinajstić information content (AvgIpc) is 2.29. The van der Waals surface area contributed by atoms with Crippen LogP contribution in [0.4, 0.5) is 0 Å². The van der Waals surface area contributed by atoms with Gasteiger partial charge in [-0.05, 0) is 24.8 Å². The maximum absolute atomic E-state index is 2.24. The smallest absolute Gasteiger partial charge is 0.0244 e. The van der Waals surface area contributed by atoms with E-state index in [9.17, 15) is 0 Å². The molecule has 1 aromatic rings. The van der Waals surface area contributed by atoms with Crippen LogP contribution in [0.3, 0.4) is 0 Å². The van der Waals surface area contributed by atoms with Gasteiger partial charge in [0.1, 0.15) is 0 Å². The van der Waals surface area contributed by atoms with Gasteiger partial charge in [-0.25, -0.2) is 0 Å². The maximum atomic E-state index is 2.24. The molecule has 1 rings (SSSR count). The SMILES string of the molecule is CCC/C=C/C=C\CCc1ccccc1. The van der Waals surface area contributed by atoms with E-state index in [-0.39, 0.29) is 0 Å². The molecule has 0 aliphatic heterocycles. The number of benzene rings is 1. The quantitative estimate of drug-likeness (QED) is 0.592. The fourth-order valence-electron chi connectivity index (χ4n) is 1.41. The van der Waals surface area contributed by atoms with E-state index in [1.807, 2.05) is 0 Å². The van der Waals surface area contributed by atoms with Gasteiger partial charge < -0.3 is 0 Å². The van der Waals surface area contributed by atoms with Crippen LogP contribution < -0.4 is 0 Å². The zero-order chi connectivity index (χ0) is 10.8. The van der Waals surface area contributed by atoms with Crippen LogP contribution in [0, 0.1) is 0 Å². The highest BCUT2D eigenvalue weighted by atomic mass is 13.9. The predicted octanol–water partition coefficient (Wildman–Crippen LogP) is 4.53. The molecule has 0 aromatic heterocycles. The summed E-state index contributed by atoms with van der Waals surface area (Å²) in [5, 5.41) is 0. The second-order valence-electron chi connectivity index (χ2n) is 3.67. The van der Waals surface area contributed by atoms with Crippen molar-refractivity contribution < 1.29 is 0 Å². The van der Waals surface area contributed by atoms with Gasteiger partial charge in [-0.15, -0.1) is 0 Å². The lowest BCUT2D eigenvalue weighted by atomic mass is 10.1. The van der Waals surface area contributed by atoms with E-state index in [0.717, 1.165) is 12.8 Å². The van der Waals surface area contributed by atoms with E-state index >= 15 is 0 Å². The van der Waals surface area contributed by atoms with Crippen LogP contribution in [-0.4, -0.2) is 0 Å². The summed E-state index contributed by atoms with van der Waals surface area (Å²) in [5.74, 6) is 0. The van der Waals surface area contributed by atoms with Crippen molar-refractivity contribution in [3.8, 4) is 0 Å². The molecule has 0 saturated carbocycles. The number of hydrogen-bond acceptors (Lipinski definition) is 0. The third kappa shape index (κ3) is 5.90. The topological polar surface area (TPSA) is 0 Å². The zero-order valence-electron chi connectivity index (χ0n) is 9.52. The molecule has 15 heavy (non-hydrogen) atoms. The molecule has 0 aliphatic rings. The van der Waals surface area contributed by atoms with E-state index in [0.29, 0.717) is 0 Å². The van der Waals surface area contributed by atoms with Crippen molar-refractivity contribution >= 4 is 0 Å². The third-order valence-corrected chi connectivity index (χ3v) is 2.28. The fraction of sp³-hybridized carbons (Fsp3) is 0.333. The summed E-state index contributed by atoms with van der Waals surface area (Å²) in [5.41, 5.74) is 1.42. The Morgan fingerprint density at radius 3 is 2.27 bits per heavy atom. The zero-order valence-corrected chi connectivity index (χ0v) is 9.52. The van der Waals surface area contributed by atoms with Crippen LogP contribution in [0.2, 0.25) is 0 Å². The largest absolute Gasteiger partial charge is 0.0846 e. The lowest BCUT2D eigenvalue weighted by Gasteiger charge is -1.95. The molecule has 80 valence electrons. The molecule has 0 atom stereocenters. The number of aryl methyl sites for hydroxylation is 1. The summed E-state index contributed by atoms with van der Waals surface area (Å²) >= 11 is 0. The van der Waals surface area contributed by atoms with Gasteiger partial charge >= 0.3 is 0 Å². The van der Waals surface area contributed by atoms with Gasteiger partial charge in [-0.1, -0.05) is 68.0 Å². The van der Waals surface area contributed by atoms with Crippen molar-refractivity contribution in [2.45, 2.75) is 32.6 Å². The standard InChI is InChI=1S/C15H20/c1-2-3-4-5-6-7-9-12-15-13-10-8-11-14-15/h4-8,10-11,13-14H,2-3,9,12H2,1H3/b5-4+,7-6-. The molecular formula is C15H20. The predicted molar refractivity (Wildman–Crippen MR) is 68.0 cm³/mol. The van der Waals surface area contributed by atoms with E-state index in [1.165, 1.54) is 18.4 Å². The first-order valence-corrected chi connectivity index (χ1v) is 5.79. The number of hydrogen-bond donors (Lipinski definition) is 0. The highest BCUT2D eigenvalue weighted by Gasteiger charge is 1.86. The monoisotopic (exact) mass is 200 g/mol. The first-order valence-electron chi connectivity index (χ1n) is 5.79. The van der Waals surface area contributed by atoms with Gasteiger partial charge in [0.05, 0.1) is 0 Å². The van der Waals surface area contributed by atoms with Crippen molar-refractivity contribution in [3.63, 3.8) is 0 Å². The van der Waals surface area contributed by atoms with Gasteiger partial charge in [-0.2, -0.15) is 0 Å². The summed E-state index contributed by atoms with van der Waals surface area (Å²) in [4.78, 5) is 0. The summed E-state index contributed by atoms with van der Waals surface area (Å²) in [6.45, 7) is 2.20. The number of allylic oxidation sites excluding steroid dienone is 4. The van der Waals surface area contributed by atoms with Crippen molar-refractivity contribution in [1.82, 2.24) is 0 Å². The lowest BCUT2D eigenvalue weighted by molar-refractivity contribution is 0.958. The Balaban J connectivity index is 2.16. The molecule has 1 aromatic carbocycles. The van der Waals surface area contributed by atoms with Crippen LogP contribution in [-0.2, 0) is 6.42 Å². The fourth-order valence-corrected chi connectivity index (χ4v) is 1.41. The minimum absolute atomic E-state index is 1.13. The molecule has 0 unspecified atom stereocenters. The summed E-state index contributed by atoms with van der Waals surface area (Å²) in [6, 6.07) is 10.6. The number of rotatable bonds is 6. The van der Waals surface area contributed by atoms with E-state index in [1.54, 1.807) is 0 Å². The number of unbranched alkanes of at least 4 members (excludes halogenated alkanes) is 1. The van der Waals surface area contributed by atoms with Gasteiger partial charge in [-0.3, -0.25) is 0 Å². The van der Waals surface area contributed by atoms with Crippen LogP contribution in [0.25, 0.3) is 0 Å². The second kappa shape index (κ2) is 8.05. The molecule has 0 radical (unpaired) electrons. The Bertz CT molecular complexity index is 293. The minimum Gasteiger partial charge on any atom is -0.0846 e. The second-order valence-corrected chi connectivity index (χ2v) is 3.67. The Kier molecular flexibility index (Phi) is 6.31. The lowest BCUT2D eigenvalue weighted by Crippen LogP contribution is -1.80. The van der Waals surface area contributed by atoms with Gasteiger partial charge in [0.15, 0.2) is 0 Å².